The summed E-state index contributed by atoms with van der Waals surface area (Å²) in [7, 11) is 2.44. The SMILES string of the molecule is CC1C(C)C(C)C2C3NC(NC4NC(NC5C6C(C)C(C)C(C)C(C)C6C(NC6NC(N3)C3C(O)C(C)C(C)C(C)C63)N5C)C3C(C)C(C)C(C)C(C)C43)C2C1C.[O]=[V]. The number of nitrogens with one attached hydrogen (secondary N) is 7. The van der Waals surface area contributed by atoms with Crippen molar-refractivity contribution < 1.29 is 26.1 Å². The molecule has 0 aromatic heterocycles. The van der Waals surface area contributed by atoms with Crippen LogP contribution in [0.2, 0.25) is 0 Å². The number of nitrogens with zero attached hydrogens (tertiary/aromatic N) is 1. The molecule has 337 valence electrons. The van der Waals surface area contributed by atoms with Gasteiger partial charge in [-0.25, -0.2) is 0 Å². The molecule has 0 radical (unpaired) electrons. The van der Waals surface area contributed by atoms with Gasteiger partial charge in [-0.2, -0.15) is 0 Å². The van der Waals surface area contributed by atoms with Crippen LogP contribution in [0.3, 0.4) is 0 Å². The van der Waals surface area contributed by atoms with Crippen molar-refractivity contribution in [3.05, 3.63) is 0 Å². The molecule has 11 heteroatoms. The molecule has 9 rings (SSSR count). The molecule has 0 aromatic rings. The predicted molar refractivity (Wildman–Crippen MR) is 232 cm³/mol. The topological polar surface area (TPSA) is 125 Å². The maximum atomic E-state index is 12.4. The van der Waals surface area contributed by atoms with Crippen LogP contribution in [0, 0.1) is 136 Å². The van der Waals surface area contributed by atoms with E-state index in [2.05, 4.69) is 153 Å². The van der Waals surface area contributed by atoms with Gasteiger partial charge in [-0.3, -0.25) is 42.1 Å². The molecule has 8 bridgehead atoms. The van der Waals surface area contributed by atoms with Crippen LogP contribution in [-0.4, -0.2) is 72.5 Å². The van der Waals surface area contributed by atoms with Crippen molar-refractivity contribution >= 4 is 0 Å². The summed E-state index contributed by atoms with van der Waals surface area (Å²) in [5.74, 6) is 12.7. The van der Waals surface area contributed by atoms with Gasteiger partial charge in [0.2, 0.25) is 0 Å². The normalized spacial score (nSPS) is 63.3. The third kappa shape index (κ3) is 6.77. The van der Waals surface area contributed by atoms with Crippen molar-refractivity contribution in [2.45, 2.75) is 159 Å². The number of hydrogen-bond acceptors (Lipinski definition) is 10. The first-order valence-electron chi connectivity index (χ1n) is 24.8. The molecule has 0 aromatic carbocycles. The van der Waals surface area contributed by atoms with Gasteiger partial charge in [0.1, 0.15) is 0 Å². The Morgan fingerprint density at radius 2 is 0.508 bits per heavy atom. The number of aliphatic hydroxyl groups excluding tert-OH is 1. The van der Waals surface area contributed by atoms with Gasteiger partial charge in [-0.05, 0) is 137 Å². The Hall–Kier alpha value is 0.0244. The van der Waals surface area contributed by atoms with Gasteiger partial charge in [0.25, 0.3) is 0 Å². The molecule has 5 aliphatic heterocycles. The second-order valence-electron chi connectivity index (χ2n) is 23.6. The number of aliphatic hydroxyl groups is 1. The zero-order valence-electron chi connectivity index (χ0n) is 39.7. The van der Waals surface area contributed by atoms with Crippen LogP contribution in [0.1, 0.15) is 104 Å². The van der Waals surface area contributed by atoms with E-state index in [9.17, 15) is 5.11 Å². The predicted octanol–water partition coefficient (Wildman–Crippen LogP) is 5.49. The van der Waals surface area contributed by atoms with Gasteiger partial charge in [0.15, 0.2) is 0 Å². The Kier molecular flexibility index (Phi) is 13.0. The fourth-order valence-electron chi connectivity index (χ4n) is 17.3. The van der Waals surface area contributed by atoms with E-state index in [1.807, 2.05) is 0 Å². The van der Waals surface area contributed by atoms with Gasteiger partial charge in [-0.15, -0.1) is 0 Å². The van der Waals surface area contributed by atoms with Crippen molar-refractivity contribution in [3.8, 4) is 0 Å². The van der Waals surface area contributed by atoms with E-state index in [-0.39, 0.29) is 67.3 Å². The molecular formula is C48H88N8O2V. The Morgan fingerprint density at radius 1 is 0.305 bits per heavy atom. The molecule has 5 heterocycles. The van der Waals surface area contributed by atoms with Crippen LogP contribution in [0.4, 0.5) is 0 Å². The van der Waals surface area contributed by atoms with Crippen molar-refractivity contribution in [1.29, 1.82) is 0 Å². The van der Waals surface area contributed by atoms with Crippen molar-refractivity contribution in [3.63, 3.8) is 0 Å². The summed E-state index contributed by atoms with van der Waals surface area (Å²) >= 11 is 1.06. The Balaban J connectivity index is 0.00000238. The molecule has 10 nitrogen and oxygen atoms in total. The van der Waals surface area contributed by atoms with E-state index in [0.717, 1.165) is 17.4 Å². The van der Waals surface area contributed by atoms with Crippen LogP contribution in [0.25, 0.3) is 0 Å². The summed E-state index contributed by atoms with van der Waals surface area (Å²) in [6.07, 6.45) is 1.20. The average molecular weight is 860 g/mol. The molecule has 5 saturated heterocycles. The standard InChI is InChI=1S/C48H88N8O.O.V/c1-17-18(2)25(9)33-32(24(17)8)41-49-42-34-26(10)19(3)20(4)27(11)35(34)44(51-42)54-47-37-29(13)21(5)22(6)30(14)38(37)48(56(47)16)55-45-36-28(12)23(7)31(15)40(57)39(36)46(53-45)52-43(33)50-41;;/h17-55,57H,1-16H3;;. The monoisotopic (exact) mass is 860 g/mol. The maximum absolute atomic E-state index is 12.4. The van der Waals surface area contributed by atoms with Crippen molar-refractivity contribution in [2.75, 3.05) is 7.05 Å². The van der Waals surface area contributed by atoms with E-state index in [1.165, 1.54) is 0 Å². The van der Waals surface area contributed by atoms with Crippen LogP contribution in [0.5, 0.6) is 0 Å². The quantitative estimate of drug-likeness (QED) is 0.159. The molecule has 4 aliphatic carbocycles. The van der Waals surface area contributed by atoms with Gasteiger partial charge in [-0.1, -0.05) is 104 Å². The molecule has 0 amide bonds. The van der Waals surface area contributed by atoms with Crippen LogP contribution in [0.15, 0.2) is 0 Å². The van der Waals surface area contributed by atoms with Crippen molar-refractivity contribution in [1.82, 2.24) is 42.1 Å². The summed E-state index contributed by atoms with van der Waals surface area (Å²) in [5.41, 5.74) is 0. The Morgan fingerprint density at radius 3 is 0.797 bits per heavy atom. The van der Waals surface area contributed by atoms with Gasteiger partial charge in [0.05, 0.1) is 55.4 Å². The average Bonchev–Trinajstić information content (AvgIpc) is 3.95. The summed E-state index contributed by atoms with van der Waals surface area (Å²) < 4.78 is 8.19. The molecule has 9 aliphatic rings. The van der Waals surface area contributed by atoms with E-state index in [0.29, 0.717) is 124 Å². The first-order chi connectivity index (χ1) is 27.9. The fourth-order valence-corrected chi connectivity index (χ4v) is 17.3. The Labute approximate surface area is 369 Å². The second-order valence-corrected chi connectivity index (χ2v) is 23.6. The molecule has 0 spiro atoms. The molecule has 8 N–H and O–H groups in total. The van der Waals surface area contributed by atoms with E-state index in [4.69, 9.17) is 3.67 Å². The van der Waals surface area contributed by atoms with Crippen LogP contribution < -0.4 is 37.2 Å². The summed E-state index contributed by atoms with van der Waals surface area (Å²) in [6.45, 7) is 37.9. The molecule has 59 heavy (non-hydrogen) atoms. The first kappa shape index (κ1) is 45.6. The van der Waals surface area contributed by atoms with Gasteiger partial charge >= 0.3 is 21.0 Å². The van der Waals surface area contributed by atoms with E-state index < -0.39 is 0 Å². The number of rotatable bonds is 0. The first-order valence-corrected chi connectivity index (χ1v) is 25.3. The number of hydrogen-bond donors (Lipinski definition) is 8. The van der Waals surface area contributed by atoms with Crippen LogP contribution >= 0.6 is 0 Å². The Bertz CT molecular complexity index is 1390. The second kappa shape index (κ2) is 16.8. The van der Waals surface area contributed by atoms with Gasteiger partial charge in [0, 0.05) is 5.92 Å². The van der Waals surface area contributed by atoms with Crippen LogP contribution in [-0.2, 0) is 21.0 Å². The molecule has 4 saturated carbocycles. The summed E-state index contributed by atoms with van der Waals surface area (Å²) in [4.78, 5) is 2.76. The zero-order valence-corrected chi connectivity index (χ0v) is 41.1. The number of fused-ring (bicyclic) bond motifs is 20. The minimum absolute atomic E-state index is 0.0277. The van der Waals surface area contributed by atoms with Crippen molar-refractivity contribution in [2.24, 2.45) is 136 Å². The molecular weight excluding hydrogens is 772 g/mol. The molecule has 32 atom stereocenters. The molecule has 32 unspecified atom stereocenters. The molecule has 9 fully saturated rings. The third-order valence-corrected chi connectivity index (χ3v) is 22.5. The van der Waals surface area contributed by atoms with E-state index in [1.54, 1.807) is 0 Å². The zero-order chi connectivity index (χ0) is 43.0. The van der Waals surface area contributed by atoms with Gasteiger partial charge < -0.3 is 5.11 Å². The summed E-state index contributed by atoms with van der Waals surface area (Å²) in [6, 6.07) is 0. The third-order valence-electron chi connectivity index (χ3n) is 22.5. The summed E-state index contributed by atoms with van der Waals surface area (Å²) in [5, 5.41) is 43.2. The van der Waals surface area contributed by atoms with E-state index >= 15 is 0 Å². The minimum atomic E-state index is -0.346. The fraction of sp³-hybridized carbons (Fsp3) is 1.00.